The SMILES string of the molecule is COC1(c2nccc(C(=O)O)n2)CCCCCC1. The van der Waals surface area contributed by atoms with Gasteiger partial charge in [-0.3, -0.25) is 0 Å². The highest BCUT2D eigenvalue weighted by Gasteiger charge is 2.36. The van der Waals surface area contributed by atoms with Crippen molar-refractivity contribution in [2.45, 2.75) is 44.1 Å². The predicted molar refractivity (Wildman–Crippen MR) is 65.4 cm³/mol. The standard InChI is InChI=1S/C13H18N2O3/c1-18-13(7-4-2-3-5-8-13)12-14-9-6-10(15-12)11(16)17/h6,9H,2-5,7-8H2,1H3,(H,16,17). The number of carboxylic acids is 1. The number of carboxylic acid groups (broad SMARTS) is 1. The van der Waals surface area contributed by atoms with Crippen LogP contribution in [0.25, 0.3) is 0 Å². The fraction of sp³-hybridized carbons (Fsp3) is 0.615. The topological polar surface area (TPSA) is 72.3 Å². The summed E-state index contributed by atoms with van der Waals surface area (Å²) < 4.78 is 5.66. The van der Waals surface area contributed by atoms with Crippen LogP contribution in [-0.2, 0) is 10.3 Å². The van der Waals surface area contributed by atoms with Crippen LogP contribution in [0.2, 0.25) is 0 Å². The van der Waals surface area contributed by atoms with E-state index >= 15 is 0 Å². The number of methoxy groups -OCH3 is 1. The van der Waals surface area contributed by atoms with Gasteiger partial charge in [-0.25, -0.2) is 14.8 Å². The third-order valence-corrected chi connectivity index (χ3v) is 3.58. The number of aromatic nitrogens is 2. The number of rotatable bonds is 3. The molecule has 1 aromatic heterocycles. The molecule has 0 aliphatic heterocycles. The molecule has 1 aliphatic carbocycles. The fourth-order valence-corrected chi connectivity index (χ4v) is 2.52. The summed E-state index contributed by atoms with van der Waals surface area (Å²) in [7, 11) is 1.65. The number of hydrogen-bond donors (Lipinski definition) is 1. The molecule has 1 fully saturated rings. The zero-order valence-corrected chi connectivity index (χ0v) is 10.6. The molecule has 0 atom stereocenters. The van der Waals surface area contributed by atoms with E-state index in [-0.39, 0.29) is 5.69 Å². The van der Waals surface area contributed by atoms with Crippen LogP contribution in [0.1, 0.15) is 54.8 Å². The molecular weight excluding hydrogens is 232 g/mol. The molecule has 1 saturated carbocycles. The van der Waals surface area contributed by atoms with Gasteiger partial charge in [0, 0.05) is 13.3 Å². The number of ether oxygens (including phenoxy) is 1. The van der Waals surface area contributed by atoms with E-state index in [2.05, 4.69) is 9.97 Å². The van der Waals surface area contributed by atoms with Gasteiger partial charge < -0.3 is 9.84 Å². The molecule has 0 spiro atoms. The summed E-state index contributed by atoms with van der Waals surface area (Å²) in [5, 5.41) is 8.99. The van der Waals surface area contributed by atoms with Gasteiger partial charge in [0.25, 0.3) is 0 Å². The van der Waals surface area contributed by atoms with E-state index in [1.165, 1.54) is 25.1 Å². The Labute approximate surface area is 106 Å². The molecule has 2 rings (SSSR count). The normalized spacial score (nSPS) is 19.2. The van der Waals surface area contributed by atoms with Gasteiger partial charge in [-0.2, -0.15) is 0 Å². The van der Waals surface area contributed by atoms with E-state index in [0.29, 0.717) is 5.82 Å². The zero-order valence-electron chi connectivity index (χ0n) is 10.6. The highest BCUT2D eigenvalue weighted by Crippen LogP contribution is 2.37. The van der Waals surface area contributed by atoms with E-state index in [1.807, 2.05) is 0 Å². The Kier molecular flexibility index (Phi) is 3.91. The van der Waals surface area contributed by atoms with Gasteiger partial charge in [0.05, 0.1) is 0 Å². The van der Waals surface area contributed by atoms with Gasteiger partial charge in [0.2, 0.25) is 0 Å². The van der Waals surface area contributed by atoms with Crippen LogP contribution in [-0.4, -0.2) is 28.2 Å². The van der Waals surface area contributed by atoms with Crippen LogP contribution in [0.15, 0.2) is 12.3 Å². The molecule has 1 N–H and O–H groups in total. The Hall–Kier alpha value is -1.49. The van der Waals surface area contributed by atoms with Crippen molar-refractivity contribution in [2.24, 2.45) is 0 Å². The average molecular weight is 250 g/mol. The summed E-state index contributed by atoms with van der Waals surface area (Å²) in [6, 6.07) is 1.41. The first-order chi connectivity index (χ1) is 8.68. The second-order valence-corrected chi connectivity index (χ2v) is 4.68. The third-order valence-electron chi connectivity index (χ3n) is 3.58. The van der Waals surface area contributed by atoms with E-state index in [1.54, 1.807) is 7.11 Å². The van der Waals surface area contributed by atoms with E-state index in [4.69, 9.17) is 9.84 Å². The molecule has 1 aliphatic rings. The Balaban J connectivity index is 2.36. The molecule has 5 nitrogen and oxygen atoms in total. The lowest BCUT2D eigenvalue weighted by atomic mass is 9.93. The highest BCUT2D eigenvalue weighted by atomic mass is 16.5. The lowest BCUT2D eigenvalue weighted by Crippen LogP contribution is -2.31. The molecule has 0 radical (unpaired) electrons. The minimum atomic E-state index is -1.03. The Morgan fingerprint density at radius 1 is 1.33 bits per heavy atom. The van der Waals surface area contributed by atoms with Crippen molar-refractivity contribution in [1.82, 2.24) is 9.97 Å². The first-order valence-electron chi connectivity index (χ1n) is 6.30. The molecule has 0 amide bonds. The average Bonchev–Trinajstić information content (AvgIpc) is 2.65. The van der Waals surface area contributed by atoms with E-state index < -0.39 is 11.6 Å². The quantitative estimate of drug-likeness (QED) is 0.834. The van der Waals surface area contributed by atoms with Gasteiger partial charge in [-0.05, 0) is 18.9 Å². The van der Waals surface area contributed by atoms with Crippen molar-refractivity contribution < 1.29 is 14.6 Å². The van der Waals surface area contributed by atoms with Crippen LogP contribution in [0.3, 0.4) is 0 Å². The monoisotopic (exact) mass is 250 g/mol. The maximum atomic E-state index is 11.0. The number of carbonyl (C=O) groups is 1. The van der Waals surface area contributed by atoms with Crippen LogP contribution >= 0.6 is 0 Å². The van der Waals surface area contributed by atoms with Crippen molar-refractivity contribution in [2.75, 3.05) is 7.11 Å². The second-order valence-electron chi connectivity index (χ2n) is 4.68. The number of hydrogen-bond acceptors (Lipinski definition) is 4. The minimum Gasteiger partial charge on any atom is -0.477 e. The zero-order chi connectivity index (χ0) is 13.0. The van der Waals surface area contributed by atoms with Gasteiger partial charge in [-0.15, -0.1) is 0 Å². The van der Waals surface area contributed by atoms with Crippen molar-refractivity contribution >= 4 is 5.97 Å². The van der Waals surface area contributed by atoms with E-state index in [0.717, 1.165) is 25.7 Å². The maximum Gasteiger partial charge on any atom is 0.354 e. The van der Waals surface area contributed by atoms with Gasteiger partial charge in [0.1, 0.15) is 5.60 Å². The lowest BCUT2D eigenvalue weighted by molar-refractivity contribution is -0.0353. The first-order valence-corrected chi connectivity index (χ1v) is 6.30. The predicted octanol–water partition coefficient (Wildman–Crippen LogP) is 2.37. The summed E-state index contributed by atoms with van der Waals surface area (Å²) in [5.74, 6) is -0.523. The van der Waals surface area contributed by atoms with Gasteiger partial charge in [-0.1, -0.05) is 25.7 Å². The summed E-state index contributed by atoms with van der Waals surface area (Å²) >= 11 is 0. The molecule has 98 valence electrons. The molecule has 18 heavy (non-hydrogen) atoms. The molecule has 0 unspecified atom stereocenters. The molecule has 0 aromatic carbocycles. The molecule has 5 heteroatoms. The van der Waals surface area contributed by atoms with Gasteiger partial charge in [0.15, 0.2) is 11.5 Å². The van der Waals surface area contributed by atoms with Crippen LogP contribution < -0.4 is 0 Å². The molecule has 0 saturated heterocycles. The van der Waals surface area contributed by atoms with Gasteiger partial charge >= 0.3 is 5.97 Å². The molecule has 1 aromatic rings. The van der Waals surface area contributed by atoms with Crippen molar-refractivity contribution in [3.05, 3.63) is 23.8 Å². The summed E-state index contributed by atoms with van der Waals surface area (Å²) in [6.45, 7) is 0. The number of nitrogens with zero attached hydrogens (tertiary/aromatic N) is 2. The van der Waals surface area contributed by atoms with Crippen LogP contribution in [0.5, 0.6) is 0 Å². The number of aromatic carboxylic acids is 1. The Morgan fingerprint density at radius 3 is 2.56 bits per heavy atom. The molecular formula is C13H18N2O3. The second kappa shape index (κ2) is 5.44. The summed E-state index contributed by atoms with van der Waals surface area (Å²) in [4.78, 5) is 19.3. The van der Waals surface area contributed by atoms with Crippen molar-refractivity contribution in [3.63, 3.8) is 0 Å². The Morgan fingerprint density at radius 2 is 2.00 bits per heavy atom. The lowest BCUT2D eigenvalue weighted by Gasteiger charge is -2.29. The van der Waals surface area contributed by atoms with E-state index in [9.17, 15) is 4.79 Å². The minimum absolute atomic E-state index is 0.0284. The summed E-state index contributed by atoms with van der Waals surface area (Å²) in [6.07, 6.45) is 7.70. The summed E-state index contributed by atoms with van der Waals surface area (Å²) in [5.41, 5.74) is -0.484. The fourth-order valence-electron chi connectivity index (χ4n) is 2.52. The largest absolute Gasteiger partial charge is 0.477 e. The smallest absolute Gasteiger partial charge is 0.354 e. The van der Waals surface area contributed by atoms with Crippen molar-refractivity contribution in [1.29, 1.82) is 0 Å². The molecule has 1 heterocycles. The maximum absolute atomic E-state index is 11.0. The third kappa shape index (κ3) is 2.51. The first kappa shape index (κ1) is 13.0. The highest BCUT2D eigenvalue weighted by molar-refractivity contribution is 5.85. The van der Waals surface area contributed by atoms with Crippen molar-refractivity contribution in [3.8, 4) is 0 Å². The van der Waals surface area contributed by atoms with Crippen LogP contribution in [0.4, 0.5) is 0 Å². The Bertz CT molecular complexity index is 426. The van der Waals surface area contributed by atoms with Crippen LogP contribution in [0, 0.1) is 0 Å². The molecule has 0 bridgehead atoms.